The molecule has 1 aliphatic heterocycles. The number of carboxylic acid groups (broad SMARTS) is 1. The molecule has 0 saturated carbocycles. The Labute approximate surface area is 81.3 Å². The van der Waals surface area contributed by atoms with Crippen LogP contribution in [0.25, 0.3) is 0 Å². The Morgan fingerprint density at radius 2 is 2.38 bits per heavy atom. The molecule has 74 valence electrons. The third kappa shape index (κ3) is 1.65. The summed E-state index contributed by atoms with van der Waals surface area (Å²) in [5, 5.41) is 8.89. The molecule has 4 nitrogen and oxygen atoms in total. The molecule has 5 heteroatoms. The summed E-state index contributed by atoms with van der Waals surface area (Å²) in [7, 11) is 0. The Balaban J connectivity index is 2.87. The van der Waals surface area contributed by atoms with Crippen LogP contribution in [0.15, 0.2) is 0 Å². The second-order valence-electron chi connectivity index (χ2n) is 3.20. The number of hydrogen-bond donors (Lipinski definition) is 1. The van der Waals surface area contributed by atoms with Gasteiger partial charge in [0.2, 0.25) is 0 Å². The smallest absolute Gasteiger partial charge is 0.329 e. The van der Waals surface area contributed by atoms with Gasteiger partial charge in [-0.1, -0.05) is 18.7 Å². The zero-order valence-corrected chi connectivity index (χ0v) is 8.56. The number of amides is 1. The number of aliphatic carboxylic acids is 1. The maximum Gasteiger partial charge on any atom is 0.329 e. The highest BCUT2D eigenvalue weighted by atomic mass is 32.2. The van der Waals surface area contributed by atoms with Crippen molar-refractivity contribution in [2.24, 2.45) is 0 Å². The molecule has 1 N–H and O–H groups in total. The van der Waals surface area contributed by atoms with Crippen molar-refractivity contribution in [2.45, 2.75) is 25.8 Å². The van der Waals surface area contributed by atoms with E-state index in [0.29, 0.717) is 18.7 Å². The summed E-state index contributed by atoms with van der Waals surface area (Å²) in [6, 6.07) is 0. The van der Waals surface area contributed by atoms with E-state index in [1.807, 2.05) is 0 Å². The van der Waals surface area contributed by atoms with Crippen molar-refractivity contribution in [3.63, 3.8) is 0 Å². The Hall–Kier alpha value is -0.710. The van der Waals surface area contributed by atoms with Gasteiger partial charge in [-0.3, -0.25) is 4.79 Å². The second kappa shape index (κ2) is 3.57. The van der Waals surface area contributed by atoms with Crippen molar-refractivity contribution in [3.05, 3.63) is 0 Å². The highest BCUT2D eigenvalue weighted by Crippen LogP contribution is 2.28. The van der Waals surface area contributed by atoms with Gasteiger partial charge in [-0.2, -0.15) is 0 Å². The highest BCUT2D eigenvalue weighted by molar-refractivity contribution is 8.13. The standard InChI is InChI=1S/C8H13NO3S/c1-3-8(2,6(10)11)9-4-5-13-7(9)12/h3-5H2,1-2H3,(H,10,11). The number of nitrogens with zero attached hydrogens (tertiary/aromatic N) is 1. The van der Waals surface area contributed by atoms with Crippen molar-refractivity contribution in [1.29, 1.82) is 0 Å². The predicted octanol–water partition coefficient (Wildman–Crippen LogP) is 1.41. The fourth-order valence-corrected chi connectivity index (χ4v) is 2.20. The van der Waals surface area contributed by atoms with Crippen LogP contribution in [0.2, 0.25) is 0 Å². The first-order valence-electron chi connectivity index (χ1n) is 4.20. The van der Waals surface area contributed by atoms with E-state index >= 15 is 0 Å². The largest absolute Gasteiger partial charge is 0.480 e. The molecular weight excluding hydrogens is 190 g/mol. The van der Waals surface area contributed by atoms with Gasteiger partial charge in [-0.15, -0.1) is 0 Å². The van der Waals surface area contributed by atoms with Crippen LogP contribution in [0, 0.1) is 0 Å². The summed E-state index contributed by atoms with van der Waals surface area (Å²) >= 11 is 1.19. The fourth-order valence-electron chi connectivity index (χ4n) is 1.30. The number of thioether (sulfide) groups is 1. The number of carbonyl (C=O) groups excluding carboxylic acids is 1. The van der Waals surface area contributed by atoms with Crippen LogP contribution < -0.4 is 0 Å². The average molecular weight is 203 g/mol. The highest BCUT2D eigenvalue weighted by Gasteiger charge is 2.42. The monoisotopic (exact) mass is 203 g/mol. The zero-order valence-electron chi connectivity index (χ0n) is 7.74. The van der Waals surface area contributed by atoms with Crippen LogP contribution in [0.5, 0.6) is 0 Å². The summed E-state index contributed by atoms with van der Waals surface area (Å²) in [5.74, 6) is -0.229. The maximum atomic E-state index is 11.3. The fraction of sp³-hybridized carbons (Fsp3) is 0.750. The van der Waals surface area contributed by atoms with Crippen molar-refractivity contribution in [3.8, 4) is 0 Å². The number of carboxylic acids is 1. The van der Waals surface area contributed by atoms with Crippen LogP contribution >= 0.6 is 11.8 Å². The quantitative estimate of drug-likeness (QED) is 0.753. The third-order valence-electron chi connectivity index (χ3n) is 2.51. The Morgan fingerprint density at radius 1 is 1.77 bits per heavy atom. The lowest BCUT2D eigenvalue weighted by atomic mass is 9.97. The van der Waals surface area contributed by atoms with Gasteiger partial charge >= 0.3 is 5.97 Å². The van der Waals surface area contributed by atoms with Crippen LogP contribution in [-0.4, -0.2) is 39.1 Å². The van der Waals surface area contributed by atoms with Crippen molar-refractivity contribution < 1.29 is 14.7 Å². The summed E-state index contributed by atoms with van der Waals surface area (Å²) < 4.78 is 0. The molecule has 1 saturated heterocycles. The van der Waals surface area contributed by atoms with Crippen molar-refractivity contribution in [2.75, 3.05) is 12.3 Å². The number of hydrogen-bond acceptors (Lipinski definition) is 3. The second-order valence-corrected chi connectivity index (χ2v) is 4.24. The maximum absolute atomic E-state index is 11.3. The molecule has 1 rings (SSSR count). The van der Waals surface area contributed by atoms with Crippen molar-refractivity contribution >= 4 is 23.0 Å². The minimum Gasteiger partial charge on any atom is -0.480 e. The molecule has 0 radical (unpaired) electrons. The molecule has 1 unspecified atom stereocenters. The molecule has 1 amide bonds. The molecule has 0 aliphatic carbocycles. The molecule has 13 heavy (non-hydrogen) atoms. The third-order valence-corrected chi connectivity index (χ3v) is 3.36. The van der Waals surface area contributed by atoms with Gasteiger partial charge in [0.15, 0.2) is 0 Å². The number of carbonyl (C=O) groups is 2. The van der Waals surface area contributed by atoms with Gasteiger partial charge in [0.1, 0.15) is 5.54 Å². The molecule has 1 fully saturated rings. The summed E-state index contributed by atoms with van der Waals surface area (Å²) in [6.45, 7) is 3.92. The summed E-state index contributed by atoms with van der Waals surface area (Å²) in [6.07, 6.45) is 0.439. The van der Waals surface area contributed by atoms with Crippen LogP contribution in [0.1, 0.15) is 20.3 Å². The van der Waals surface area contributed by atoms with E-state index in [2.05, 4.69) is 0 Å². The summed E-state index contributed by atoms with van der Waals surface area (Å²) in [4.78, 5) is 23.7. The number of rotatable bonds is 3. The first kappa shape index (κ1) is 10.4. The molecule has 0 bridgehead atoms. The predicted molar refractivity (Wildman–Crippen MR) is 50.9 cm³/mol. The molecule has 0 aromatic heterocycles. The first-order chi connectivity index (χ1) is 6.02. The van der Waals surface area contributed by atoms with Crippen LogP contribution in [0.3, 0.4) is 0 Å². The minimum absolute atomic E-state index is 0.119. The van der Waals surface area contributed by atoms with Gasteiger partial charge in [0.05, 0.1) is 0 Å². The van der Waals surface area contributed by atoms with E-state index in [0.717, 1.165) is 0 Å². The van der Waals surface area contributed by atoms with Gasteiger partial charge < -0.3 is 10.0 Å². The van der Waals surface area contributed by atoms with Gasteiger partial charge in [-0.05, 0) is 13.3 Å². The van der Waals surface area contributed by atoms with E-state index in [4.69, 9.17) is 5.11 Å². The van der Waals surface area contributed by atoms with Gasteiger partial charge in [-0.25, -0.2) is 4.79 Å². The average Bonchev–Trinajstić information content (AvgIpc) is 2.50. The summed E-state index contributed by atoms with van der Waals surface area (Å²) in [5.41, 5.74) is -1.03. The lowest BCUT2D eigenvalue weighted by Crippen LogP contribution is -2.52. The Morgan fingerprint density at radius 3 is 2.69 bits per heavy atom. The molecule has 0 aromatic carbocycles. The molecular formula is C8H13NO3S. The molecule has 1 aliphatic rings. The van der Waals surface area contributed by atoms with E-state index in [9.17, 15) is 9.59 Å². The van der Waals surface area contributed by atoms with Gasteiger partial charge in [0.25, 0.3) is 5.24 Å². The zero-order chi connectivity index (χ0) is 10.1. The first-order valence-corrected chi connectivity index (χ1v) is 5.18. The van der Waals surface area contributed by atoms with Crippen LogP contribution in [-0.2, 0) is 4.79 Å². The van der Waals surface area contributed by atoms with E-state index < -0.39 is 11.5 Å². The lowest BCUT2D eigenvalue weighted by Gasteiger charge is -2.33. The van der Waals surface area contributed by atoms with Gasteiger partial charge in [0, 0.05) is 12.3 Å². The van der Waals surface area contributed by atoms with E-state index in [1.165, 1.54) is 16.7 Å². The Bertz CT molecular complexity index is 242. The lowest BCUT2D eigenvalue weighted by molar-refractivity contribution is -0.148. The topological polar surface area (TPSA) is 57.6 Å². The molecule has 0 aromatic rings. The van der Waals surface area contributed by atoms with E-state index in [1.54, 1.807) is 13.8 Å². The normalized spacial score (nSPS) is 21.7. The van der Waals surface area contributed by atoms with Crippen LogP contribution in [0.4, 0.5) is 4.79 Å². The molecule has 1 heterocycles. The van der Waals surface area contributed by atoms with Crippen molar-refractivity contribution in [1.82, 2.24) is 4.90 Å². The van der Waals surface area contributed by atoms with E-state index in [-0.39, 0.29) is 5.24 Å². The molecule has 0 spiro atoms. The molecule has 1 atom stereocenters. The minimum atomic E-state index is -1.03. The SMILES string of the molecule is CCC(C)(C(=O)O)N1CCSC1=O. The Kier molecular flexibility index (Phi) is 2.85.